The second-order valence-corrected chi connectivity index (χ2v) is 0.928. The highest BCUT2D eigenvalue weighted by atomic mass is 13.8. The molecule has 0 saturated heterocycles. The molecule has 0 amide bonds. The van der Waals surface area contributed by atoms with E-state index in [4.69, 9.17) is 1.37 Å². The summed E-state index contributed by atoms with van der Waals surface area (Å²) in [6.07, 6.45) is 7.29. The third kappa shape index (κ3) is 0.380. The Kier molecular flexibility index (Phi) is 0.385. The van der Waals surface area contributed by atoms with Gasteiger partial charge in [-0.05, 0) is 12.5 Å². The van der Waals surface area contributed by atoms with Crippen LogP contribution in [0.4, 0.5) is 0 Å². The van der Waals surface area contributed by atoms with Crippen molar-refractivity contribution in [1.29, 1.82) is 0 Å². The van der Waals surface area contributed by atoms with Gasteiger partial charge in [-0.1, -0.05) is 18.2 Å². The first-order valence-corrected chi connectivity index (χ1v) is 1.63. The molecule has 1 rings (SSSR count). The van der Waals surface area contributed by atoms with Crippen molar-refractivity contribution in [2.24, 2.45) is 0 Å². The Morgan fingerprint density at radius 3 is 3.20 bits per heavy atom. The van der Waals surface area contributed by atoms with Gasteiger partial charge < -0.3 is 0 Å². The van der Waals surface area contributed by atoms with Crippen LogP contribution in [0, 0.1) is 6.08 Å². The van der Waals surface area contributed by atoms with Crippen LogP contribution in [0.3, 0.4) is 0 Å². The van der Waals surface area contributed by atoms with Crippen molar-refractivity contribution in [2.45, 2.75) is 6.42 Å². The van der Waals surface area contributed by atoms with Crippen LogP contribution in [0.2, 0.25) is 0 Å². The standard InChI is InChI=1S/C5H5/c1-2-4-5-3-1/h1-3H,4H2/i3D. The minimum absolute atomic E-state index is 0.523. The minimum Gasteiger partial charge on any atom is -0.0801 e. The summed E-state index contributed by atoms with van der Waals surface area (Å²) in [5.41, 5.74) is 0. The zero-order chi connectivity index (χ0) is 4.41. The second kappa shape index (κ2) is 1.07. The summed E-state index contributed by atoms with van der Waals surface area (Å²) in [7, 11) is 0. The van der Waals surface area contributed by atoms with Crippen LogP contribution in [0.5, 0.6) is 0 Å². The summed E-state index contributed by atoms with van der Waals surface area (Å²) < 4.78 is 6.85. The molecule has 25 valence electrons. The van der Waals surface area contributed by atoms with Crippen LogP contribution in [0.1, 0.15) is 7.79 Å². The maximum atomic E-state index is 6.85. The van der Waals surface area contributed by atoms with E-state index in [9.17, 15) is 0 Å². The number of hydrogen-bond donors (Lipinski definition) is 0. The van der Waals surface area contributed by atoms with E-state index in [-0.39, 0.29) is 0 Å². The van der Waals surface area contributed by atoms with Crippen molar-refractivity contribution in [3.8, 4) is 0 Å². The Balaban J connectivity index is 2.68. The van der Waals surface area contributed by atoms with E-state index in [1.807, 2.05) is 6.08 Å². The summed E-state index contributed by atoms with van der Waals surface area (Å²) in [6.45, 7) is 0. The number of allylic oxidation sites excluding steroid dienone is 4. The average Bonchev–Trinajstić information content (AvgIpc) is 1.86. The lowest BCUT2D eigenvalue weighted by Crippen LogP contribution is -1.39. The highest BCUT2D eigenvalue weighted by Gasteiger charge is 1.73. The highest BCUT2D eigenvalue weighted by Crippen LogP contribution is 1.91. The van der Waals surface area contributed by atoms with Crippen molar-refractivity contribution in [2.75, 3.05) is 0 Å². The summed E-state index contributed by atoms with van der Waals surface area (Å²) >= 11 is 0. The molecule has 0 aromatic heterocycles. The van der Waals surface area contributed by atoms with Crippen molar-refractivity contribution < 1.29 is 1.37 Å². The Hall–Kier alpha value is -0.520. The summed E-state index contributed by atoms with van der Waals surface area (Å²) in [4.78, 5) is 0. The lowest BCUT2D eigenvalue weighted by Gasteiger charge is -1.55. The fourth-order valence-electron chi connectivity index (χ4n) is 0.295. The molecule has 0 bridgehead atoms. The summed E-state index contributed by atoms with van der Waals surface area (Å²) in [6, 6.07) is 0.523. The second-order valence-electron chi connectivity index (χ2n) is 0.928. The van der Waals surface area contributed by atoms with E-state index in [1.165, 1.54) is 0 Å². The quantitative estimate of drug-likeness (QED) is 0.400. The van der Waals surface area contributed by atoms with Crippen molar-refractivity contribution in [3.63, 3.8) is 0 Å². The third-order valence-electron chi connectivity index (χ3n) is 0.523. The molecule has 0 spiro atoms. The van der Waals surface area contributed by atoms with E-state index >= 15 is 0 Å². The molecule has 0 N–H and O–H groups in total. The van der Waals surface area contributed by atoms with Gasteiger partial charge in [-0.15, -0.1) is 0 Å². The first-order valence-electron chi connectivity index (χ1n) is 2.13. The molecule has 0 saturated carbocycles. The number of hydrogen-bond acceptors (Lipinski definition) is 0. The Morgan fingerprint density at radius 1 is 2.00 bits per heavy atom. The Bertz CT molecular complexity index is 97.8. The first-order chi connectivity index (χ1) is 2.89. The van der Waals surface area contributed by atoms with Crippen LogP contribution in [-0.2, 0) is 0 Å². The Labute approximate surface area is 33.2 Å². The van der Waals surface area contributed by atoms with E-state index in [2.05, 4.69) is 6.08 Å². The lowest BCUT2D eigenvalue weighted by molar-refractivity contribution is 1.40. The zero-order valence-corrected chi connectivity index (χ0v) is 2.86. The molecule has 0 aromatic rings. The van der Waals surface area contributed by atoms with Gasteiger partial charge in [-0.3, -0.25) is 0 Å². The van der Waals surface area contributed by atoms with Gasteiger partial charge in [-0.2, -0.15) is 0 Å². The lowest BCUT2D eigenvalue weighted by atomic mass is 10.5. The predicted octanol–water partition coefficient (Wildman–Crippen LogP) is 1.31. The molecule has 0 heterocycles. The molecule has 0 fully saturated rings. The van der Waals surface area contributed by atoms with Gasteiger partial charge in [0.1, 0.15) is 0 Å². The summed E-state index contributed by atoms with van der Waals surface area (Å²) in [5, 5.41) is 0. The molecule has 1 aliphatic rings. The van der Waals surface area contributed by atoms with Crippen molar-refractivity contribution in [1.82, 2.24) is 0 Å². The fourth-order valence-corrected chi connectivity index (χ4v) is 0.295. The molecule has 1 aliphatic carbocycles. The monoisotopic (exact) mass is 66.0 g/mol. The van der Waals surface area contributed by atoms with Crippen LogP contribution < -0.4 is 0 Å². The maximum Gasteiger partial charge on any atom is 0.0626 e. The first kappa shape index (κ1) is 1.81. The molecule has 0 atom stereocenters. The molecule has 0 nitrogen and oxygen atoms in total. The van der Waals surface area contributed by atoms with E-state index in [1.54, 1.807) is 6.08 Å². The normalized spacial score (nSPS) is 22.4. The van der Waals surface area contributed by atoms with Crippen LogP contribution in [0.25, 0.3) is 0 Å². The molecule has 0 heteroatoms. The smallest absolute Gasteiger partial charge is 0.0626 e. The van der Waals surface area contributed by atoms with Gasteiger partial charge in [0, 0.05) is 0 Å². The van der Waals surface area contributed by atoms with Crippen molar-refractivity contribution in [3.05, 3.63) is 24.3 Å². The maximum absolute atomic E-state index is 6.85. The average molecular weight is 66.1 g/mol. The fraction of sp³-hybridized carbons (Fsp3) is 0.200. The highest BCUT2D eigenvalue weighted by molar-refractivity contribution is 5.07. The van der Waals surface area contributed by atoms with Gasteiger partial charge in [0.2, 0.25) is 0 Å². The zero-order valence-electron chi connectivity index (χ0n) is 3.86. The predicted molar refractivity (Wildman–Crippen MR) is 21.6 cm³/mol. The van der Waals surface area contributed by atoms with E-state index < -0.39 is 0 Å². The largest absolute Gasteiger partial charge is 0.0801 e. The summed E-state index contributed by atoms with van der Waals surface area (Å²) in [5.74, 6) is 0. The van der Waals surface area contributed by atoms with Crippen LogP contribution >= 0.6 is 0 Å². The topological polar surface area (TPSA) is 0 Å². The minimum atomic E-state index is 0.523. The van der Waals surface area contributed by atoms with Crippen molar-refractivity contribution >= 4 is 0 Å². The molecular formula is C5H5. The van der Waals surface area contributed by atoms with Crippen LogP contribution in [0.15, 0.2) is 18.2 Å². The molecule has 0 aromatic carbocycles. The molecule has 0 unspecified atom stereocenters. The third-order valence-corrected chi connectivity index (χ3v) is 0.523. The van der Waals surface area contributed by atoms with Gasteiger partial charge in [-0.25, -0.2) is 0 Å². The van der Waals surface area contributed by atoms with Gasteiger partial charge >= 0.3 is 0 Å². The van der Waals surface area contributed by atoms with Crippen LogP contribution in [-0.4, -0.2) is 0 Å². The Morgan fingerprint density at radius 2 is 3.00 bits per heavy atom. The van der Waals surface area contributed by atoms with E-state index in [0.717, 1.165) is 6.42 Å². The van der Waals surface area contributed by atoms with Gasteiger partial charge in [0.05, 0.1) is 1.37 Å². The molecule has 0 aliphatic heterocycles. The molecule has 1 radical (unpaired) electrons. The van der Waals surface area contributed by atoms with Gasteiger partial charge in [0.25, 0.3) is 0 Å². The number of rotatable bonds is 0. The van der Waals surface area contributed by atoms with E-state index in [0.29, 0.717) is 6.05 Å². The molecular weight excluding hydrogens is 60.1 g/mol. The van der Waals surface area contributed by atoms with Gasteiger partial charge in [0.15, 0.2) is 0 Å². The molecule has 5 heavy (non-hydrogen) atoms. The SMILES string of the molecule is [2H]C1=[C]CC=C1.